The third-order valence-corrected chi connectivity index (χ3v) is 7.12. The zero-order chi connectivity index (χ0) is 20.8. The van der Waals surface area contributed by atoms with E-state index in [0.717, 1.165) is 58.4 Å². The number of hydrogen-bond donors (Lipinski definition) is 2. The molecule has 6 nitrogen and oxygen atoms in total. The Morgan fingerprint density at radius 2 is 1.94 bits per heavy atom. The third kappa shape index (κ3) is 5.72. The molecule has 1 aliphatic heterocycles. The molecular weight excluding hydrogens is 503 g/mol. The largest absolute Gasteiger partial charge is 0.379 e. The molecule has 31 heavy (non-hydrogen) atoms. The highest BCUT2D eigenvalue weighted by Crippen LogP contribution is 2.57. The monoisotopic (exact) mass is 542 g/mol. The maximum absolute atomic E-state index is 6.01. The lowest BCUT2D eigenvalue weighted by atomic mass is 9.51. The van der Waals surface area contributed by atoms with Gasteiger partial charge in [-0.05, 0) is 44.2 Å². The van der Waals surface area contributed by atoms with E-state index in [2.05, 4.69) is 53.6 Å². The molecule has 0 amide bonds. The molecule has 7 heteroatoms. The van der Waals surface area contributed by atoms with E-state index < -0.39 is 0 Å². The molecule has 0 bridgehead atoms. The zero-order valence-electron chi connectivity index (χ0n) is 19.1. The Hall–Kier alpha value is -0.900. The number of nitrogens with zero attached hydrogens (tertiary/aromatic N) is 2. The van der Waals surface area contributed by atoms with Crippen molar-refractivity contribution in [3.8, 4) is 0 Å². The number of benzene rings is 1. The summed E-state index contributed by atoms with van der Waals surface area (Å²) in [5, 5.41) is 7.20. The van der Waals surface area contributed by atoms with Gasteiger partial charge in [0.25, 0.3) is 0 Å². The van der Waals surface area contributed by atoms with Gasteiger partial charge in [0, 0.05) is 44.2 Å². The summed E-state index contributed by atoms with van der Waals surface area (Å²) >= 11 is 0. The van der Waals surface area contributed by atoms with Crippen LogP contribution < -0.4 is 10.6 Å². The van der Waals surface area contributed by atoms with Crippen LogP contribution in [0, 0.1) is 5.41 Å². The second-order valence-corrected chi connectivity index (χ2v) is 8.82. The van der Waals surface area contributed by atoms with Crippen LogP contribution in [-0.4, -0.2) is 62.5 Å². The van der Waals surface area contributed by atoms with E-state index >= 15 is 0 Å². The molecule has 2 unspecified atom stereocenters. The predicted octanol–water partition coefficient (Wildman–Crippen LogP) is 3.54. The zero-order valence-corrected chi connectivity index (χ0v) is 21.4. The van der Waals surface area contributed by atoms with E-state index in [4.69, 9.17) is 14.5 Å². The molecule has 3 fully saturated rings. The third-order valence-electron chi connectivity index (χ3n) is 7.12. The number of aliphatic imine (C=N–C) groups is 1. The van der Waals surface area contributed by atoms with E-state index in [0.29, 0.717) is 24.1 Å². The topological polar surface area (TPSA) is 58.1 Å². The van der Waals surface area contributed by atoms with Gasteiger partial charge in [-0.3, -0.25) is 4.90 Å². The number of ether oxygens (including phenoxy) is 2. The Labute approximate surface area is 204 Å². The Morgan fingerprint density at radius 1 is 1.19 bits per heavy atom. The minimum Gasteiger partial charge on any atom is -0.379 e. The fourth-order valence-electron chi connectivity index (χ4n) is 5.16. The fourth-order valence-corrected chi connectivity index (χ4v) is 5.16. The summed E-state index contributed by atoms with van der Waals surface area (Å²) in [6, 6.07) is 9.18. The highest BCUT2D eigenvalue weighted by molar-refractivity contribution is 14.0. The number of guanidine groups is 1. The van der Waals surface area contributed by atoms with Crippen LogP contribution in [0.25, 0.3) is 0 Å². The first-order valence-corrected chi connectivity index (χ1v) is 11.8. The van der Waals surface area contributed by atoms with Crippen molar-refractivity contribution in [1.82, 2.24) is 15.5 Å². The molecule has 1 aromatic rings. The summed E-state index contributed by atoms with van der Waals surface area (Å²) in [5.74, 6) is 0.935. The smallest absolute Gasteiger partial charge is 0.191 e. The summed E-state index contributed by atoms with van der Waals surface area (Å²) in [6.07, 6.45) is 5.38. The van der Waals surface area contributed by atoms with Gasteiger partial charge in [-0.2, -0.15) is 0 Å². The summed E-state index contributed by atoms with van der Waals surface area (Å²) in [6.45, 7) is 11.3. The summed E-state index contributed by atoms with van der Waals surface area (Å²) < 4.78 is 11.5. The maximum atomic E-state index is 6.01. The van der Waals surface area contributed by atoms with Gasteiger partial charge in [-0.1, -0.05) is 30.7 Å². The Morgan fingerprint density at radius 3 is 2.58 bits per heavy atom. The van der Waals surface area contributed by atoms with Crippen molar-refractivity contribution < 1.29 is 9.47 Å². The number of morpholine rings is 1. The van der Waals surface area contributed by atoms with E-state index in [1.807, 2.05) is 0 Å². The van der Waals surface area contributed by atoms with Gasteiger partial charge in [0.15, 0.2) is 5.96 Å². The molecular formula is C24H39IN4O2. The Bertz CT molecular complexity index is 719. The Balaban J connectivity index is 0.00000272. The number of rotatable bonds is 8. The van der Waals surface area contributed by atoms with Crippen molar-refractivity contribution in [2.75, 3.05) is 39.5 Å². The number of nitrogens with one attached hydrogen (secondary N) is 2. The van der Waals surface area contributed by atoms with Crippen molar-refractivity contribution in [3.05, 3.63) is 35.4 Å². The van der Waals surface area contributed by atoms with E-state index in [9.17, 15) is 0 Å². The molecule has 2 atom stereocenters. The molecule has 0 radical (unpaired) electrons. The van der Waals surface area contributed by atoms with Crippen molar-refractivity contribution in [2.24, 2.45) is 10.4 Å². The van der Waals surface area contributed by atoms with Crippen molar-refractivity contribution in [2.45, 2.75) is 64.8 Å². The quantitative estimate of drug-likeness (QED) is 0.299. The standard InChI is InChI=1S/C24H38N4O2.HI/c1-3-25-23(27-21-16-22(30-4-2)24(21)10-7-11-24)26-17-19-8-5-6-9-20(19)18-28-12-14-29-15-13-28;/h5-6,8-9,21-22H,3-4,7,10-18H2,1-2H3,(H2,25,26,27);1H. The van der Waals surface area contributed by atoms with Gasteiger partial charge in [0.2, 0.25) is 0 Å². The molecule has 1 spiro atoms. The minimum atomic E-state index is 0. The van der Waals surface area contributed by atoms with Crippen molar-refractivity contribution in [3.63, 3.8) is 0 Å². The van der Waals surface area contributed by atoms with Crippen molar-refractivity contribution in [1.29, 1.82) is 0 Å². The van der Waals surface area contributed by atoms with Crippen LogP contribution in [-0.2, 0) is 22.6 Å². The summed E-state index contributed by atoms with van der Waals surface area (Å²) in [4.78, 5) is 7.43. The van der Waals surface area contributed by atoms with Crippen LogP contribution in [0.4, 0.5) is 0 Å². The molecule has 174 valence electrons. The van der Waals surface area contributed by atoms with Gasteiger partial charge in [0.05, 0.1) is 25.9 Å². The van der Waals surface area contributed by atoms with Crippen molar-refractivity contribution >= 4 is 29.9 Å². The highest BCUT2D eigenvalue weighted by Gasteiger charge is 2.59. The van der Waals surface area contributed by atoms with Crippen LogP contribution >= 0.6 is 24.0 Å². The van der Waals surface area contributed by atoms with Crippen LogP contribution in [0.15, 0.2) is 29.3 Å². The first-order valence-electron chi connectivity index (χ1n) is 11.8. The van der Waals surface area contributed by atoms with Gasteiger partial charge in [-0.25, -0.2) is 4.99 Å². The summed E-state index contributed by atoms with van der Waals surface area (Å²) in [7, 11) is 0. The molecule has 2 saturated carbocycles. The SMILES string of the molecule is CCNC(=NCc1ccccc1CN1CCOCC1)NC1CC(OCC)C12CCC2.I. The summed E-state index contributed by atoms with van der Waals surface area (Å²) in [5.41, 5.74) is 3.01. The number of halogens is 1. The maximum Gasteiger partial charge on any atom is 0.191 e. The van der Waals surface area contributed by atoms with E-state index in [1.54, 1.807) is 0 Å². The lowest BCUT2D eigenvalue weighted by molar-refractivity contribution is -0.168. The average Bonchev–Trinajstić information content (AvgIpc) is 2.71. The molecule has 1 heterocycles. The van der Waals surface area contributed by atoms with Crippen LogP contribution in [0.5, 0.6) is 0 Å². The predicted molar refractivity (Wildman–Crippen MR) is 136 cm³/mol. The second-order valence-electron chi connectivity index (χ2n) is 8.82. The van der Waals surface area contributed by atoms with Crippen LogP contribution in [0.3, 0.4) is 0 Å². The van der Waals surface area contributed by atoms with Gasteiger partial charge in [-0.15, -0.1) is 24.0 Å². The van der Waals surface area contributed by atoms with Crippen LogP contribution in [0.2, 0.25) is 0 Å². The molecule has 3 aliphatic rings. The highest BCUT2D eigenvalue weighted by atomic mass is 127. The van der Waals surface area contributed by atoms with Gasteiger partial charge < -0.3 is 20.1 Å². The molecule has 1 saturated heterocycles. The molecule has 2 N–H and O–H groups in total. The molecule has 0 aromatic heterocycles. The first-order chi connectivity index (χ1) is 14.7. The average molecular weight is 543 g/mol. The van der Waals surface area contributed by atoms with Gasteiger partial charge in [0.1, 0.15) is 0 Å². The normalized spacial score (nSPS) is 25.3. The second kappa shape index (κ2) is 11.8. The van der Waals surface area contributed by atoms with Crippen LogP contribution in [0.1, 0.15) is 50.7 Å². The lowest BCUT2D eigenvalue weighted by Crippen LogP contribution is -2.68. The van der Waals surface area contributed by atoms with E-state index in [1.165, 1.54) is 30.4 Å². The Kier molecular flexibility index (Phi) is 9.43. The number of hydrogen-bond acceptors (Lipinski definition) is 4. The van der Waals surface area contributed by atoms with Gasteiger partial charge >= 0.3 is 0 Å². The molecule has 4 rings (SSSR count). The molecule has 1 aromatic carbocycles. The fraction of sp³-hybridized carbons (Fsp3) is 0.708. The minimum absolute atomic E-state index is 0. The van der Waals surface area contributed by atoms with E-state index in [-0.39, 0.29) is 24.0 Å². The first kappa shape index (κ1) is 24.7. The molecule has 2 aliphatic carbocycles. The lowest BCUT2D eigenvalue weighted by Gasteiger charge is -2.61.